The first kappa shape index (κ1) is 14.4. The van der Waals surface area contributed by atoms with Gasteiger partial charge in [0.05, 0.1) is 12.0 Å². The number of ether oxygens (including phenoxy) is 1. The molecule has 0 atom stereocenters. The molecule has 0 spiro atoms. The molecule has 0 aliphatic heterocycles. The van der Waals surface area contributed by atoms with Gasteiger partial charge in [-0.25, -0.2) is 9.97 Å². The molecule has 20 heavy (non-hydrogen) atoms. The predicted molar refractivity (Wildman–Crippen MR) is 79.9 cm³/mol. The number of nitrogens with two attached hydrogens (primary N) is 2. The van der Waals surface area contributed by atoms with Crippen molar-refractivity contribution in [2.75, 3.05) is 18.6 Å². The summed E-state index contributed by atoms with van der Waals surface area (Å²) in [7, 11) is 1.59. The third kappa shape index (κ3) is 3.11. The van der Waals surface area contributed by atoms with Gasteiger partial charge in [0.25, 0.3) is 0 Å². The highest BCUT2D eigenvalue weighted by Gasteiger charge is 2.13. The van der Waals surface area contributed by atoms with Crippen LogP contribution in [-0.4, -0.2) is 22.1 Å². The van der Waals surface area contributed by atoms with Crippen LogP contribution in [0.2, 0.25) is 0 Å². The molecule has 0 aliphatic carbocycles. The zero-order chi connectivity index (χ0) is 14.7. The Balaban J connectivity index is 2.40. The van der Waals surface area contributed by atoms with Gasteiger partial charge in [0.2, 0.25) is 11.8 Å². The lowest BCUT2D eigenvalue weighted by Gasteiger charge is -2.13. The number of aromatic nitrogens is 3. The molecule has 0 unspecified atom stereocenters. The lowest BCUT2D eigenvalue weighted by Crippen LogP contribution is -2.01. The Morgan fingerprint density at radius 3 is 2.50 bits per heavy atom. The summed E-state index contributed by atoms with van der Waals surface area (Å²) in [6.45, 7) is 4.22. The summed E-state index contributed by atoms with van der Waals surface area (Å²) in [4.78, 5) is 14.0. The third-order valence-electron chi connectivity index (χ3n) is 2.72. The van der Waals surface area contributed by atoms with E-state index < -0.39 is 0 Å². The van der Waals surface area contributed by atoms with Crippen molar-refractivity contribution < 1.29 is 4.74 Å². The maximum absolute atomic E-state index is 5.87. The fourth-order valence-corrected chi connectivity index (χ4v) is 2.72. The first-order valence-electron chi connectivity index (χ1n) is 6.11. The number of hydrogen-bond donors (Lipinski definition) is 2. The molecular weight excluding hydrogens is 274 g/mol. The van der Waals surface area contributed by atoms with Crippen molar-refractivity contribution >= 4 is 23.5 Å². The van der Waals surface area contributed by atoms with Gasteiger partial charge in [-0.3, -0.25) is 0 Å². The Hall–Kier alpha value is -2.02. The van der Waals surface area contributed by atoms with E-state index in [-0.39, 0.29) is 5.95 Å². The van der Waals surface area contributed by atoms with E-state index in [1.807, 2.05) is 12.3 Å². The van der Waals surface area contributed by atoms with Gasteiger partial charge in [-0.05, 0) is 11.5 Å². The van der Waals surface area contributed by atoms with Crippen LogP contribution in [0.25, 0.3) is 0 Å². The van der Waals surface area contributed by atoms with Gasteiger partial charge in [-0.2, -0.15) is 4.98 Å². The molecule has 0 bridgehead atoms. The topological polar surface area (TPSA) is 99.9 Å². The van der Waals surface area contributed by atoms with Gasteiger partial charge in [0.15, 0.2) is 0 Å². The monoisotopic (exact) mass is 291 g/mol. The van der Waals surface area contributed by atoms with Crippen LogP contribution in [0.3, 0.4) is 0 Å². The van der Waals surface area contributed by atoms with Gasteiger partial charge < -0.3 is 16.2 Å². The highest BCUT2D eigenvalue weighted by molar-refractivity contribution is 7.99. The van der Waals surface area contributed by atoms with Crippen molar-refractivity contribution in [2.24, 2.45) is 0 Å². The standard InChI is InChI=1S/C13H17N5OS/c1-7(2)8-5-16-11(19-3)4-9(8)20-10-6-17-13(15)18-12(10)14/h4-7H,1-3H3,(H4,14,15,17,18). The SMILES string of the molecule is COc1cc(Sc2cnc(N)nc2N)c(C(C)C)cn1. The molecule has 2 aromatic heterocycles. The molecule has 106 valence electrons. The fraction of sp³-hybridized carbons (Fsp3) is 0.308. The maximum Gasteiger partial charge on any atom is 0.221 e. The number of nitrogens with zero attached hydrogens (tertiary/aromatic N) is 3. The van der Waals surface area contributed by atoms with Crippen molar-refractivity contribution in [3.05, 3.63) is 24.0 Å². The largest absolute Gasteiger partial charge is 0.481 e. The van der Waals surface area contributed by atoms with Gasteiger partial charge in [0.1, 0.15) is 5.82 Å². The van der Waals surface area contributed by atoms with E-state index in [1.54, 1.807) is 13.3 Å². The van der Waals surface area contributed by atoms with E-state index in [0.717, 1.165) is 15.4 Å². The second kappa shape index (κ2) is 5.96. The lowest BCUT2D eigenvalue weighted by atomic mass is 10.1. The average Bonchev–Trinajstić information content (AvgIpc) is 2.41. The Morgan fingerprint density at radius 1 is 1.15 bits per heavy atom. The summed E-state index contributed by atoms with van der Waals surface area (Å²) in [5.74, 6) is 1.44. The minimum Gasteiger partial charge on any atom is -0.481 e. The van der Waals surface area contributed by atoms with E-state index in [2.05, 4.69) is 28.8 Å². The van der Waals surface area contributed by atoms with Crippen molar-refractivity contribution in [1.82, 2.24) is 15.0 Å². The van der Waals surface area contributed by atoms with Crippen LogP contribution in [0, 0.1) is 0 Å². The van der Waals surface area contributed by atoms with Crippen molar-refractivity contribution in [1.29, 1.82) is 0 Å². The van der Waals surface area contributed by atoms with E-state index in [0.29, 0.717) is 17.6 Å². The van der Waals surface area contributed by atoms with E-state index in [4.69, 9.17) is 16.2 Å². The number of hydrogen-bond acceptors (Lipinski definition) is 7. The Labute approximate surface area is 122 Å². The number of rotatable bonds is 4. The van der Waals surface area contributed by atoms with Crippen LogP contribution in [-0.2, 0) is 0 Å². The first-order chi connectivity index (χ1) is 9.51. The number of anilines is 2. The zero-order valence-corrected chi connectivity index (χ0v) is 12.4. The molecule has 0 aromatic carbocycles. The number of methoxy groups -OCH3 is 1. The smallest absolute Gasteiger partial charge is 0.221 e. The predicted octanol–water partition coefficient (Wildman–Crippen LogP) is 2.32. The molecular formula is C13H17N5OS. The highest BCUT2D eigenvalue weighted by atomic mass is 32.2. The van der Waals surface area contributed by atoms with Crippen LogP contribution in [0.15, 0.2) is 28.3 Å². The summed E-state index contributed by atoms with van der Waals surface area (Å²) in [6, 6.07) is 1.88. The molecule has 4 N–H and O–H groups in total. The van der Waals surface area contributed by atoms with Crippen LogP contribution in [0.5, 0.6) is 5.88 Å². The molecule has 0 aliphatic rings. The van der Waals surface area contributed by atoms with Gasteiger partial charge in [0, 0.05) is 23.4 Å². The first-order valence-corrected chi connectivity index (χ1v) is 6.92. The van der Waals surface area contributed by atoms with Crippen molar-refractivity contribution in [3.63, 3.8) is 0 Å². The van der Waals surface area contributed by atoms with Crippen molar-refractivity contribution in [2.45, 2.75) is 29.6 Å². The zero-order valence-electron chi connectivity index (χ0n) is 11.6. The van der Waals surface area contributed by atoms with Gasteiger partial charge >= 0.3 is 0 Å². The fourth-order valence-electron chi connectivity index (χ4n) is 1.66. The summed E-state index contributed by atoms with van der Waals surface area (Å²) in [5, 5.41) is 0. The Bertz CT molecular complexity index is 618. The van der Waals surface area contributed by atoms with E-state index >= 15 is 0 Å². The molecule has 0 amide bonds. The quantitative estimate of drug-likeness (QED) is 0.891. The number of pyridine rings is 1. The summed E-state index contributed by atoms with van der Waals surface area (Å²) >= 11 is 1.48. The van der Waals surface area contributed by atoms with Crippen LogP contribution < -0.4 is 16.2 Å². The van der Waals surface area contributed by atoms with E-state index in [9.17, 15) is 0 Å². The van der Waals surface area contributed by atoms with Crippen LogP contribution in [0.1, 0.15) is 25.3 Å². The average molecular weight is 291 g/mol. The molecule has 0 radical (unpaired) electrons. The van der Waals surface area contributed by atoms with Crippen LogP contribution in [0.4, 0.5) is 11.8 Å². The normalized spacial score (nSPS) is 10.8. The lowest BCUT2D eigenvalue weighted by molar-refractivity contribution is 0.396. The Kier molecular flexibility index (Phi) is 4.29. The summed E-state index contributed by atoms with van der Waals surface area (Å²) in [6.07, 6.45) is 3.44. The molecule has 2 rings (SSSR count). The van der Waals surface area contributed by atoms with Gasteiger partial charge in [-0.1, -0.05) is 25.6 Å². The maximum atomic E-state index is 5.87. The second-order valence-electron chi connectivity index (χ2n) is 4.50. The summed E-state index contributed by atoms with van der Waals surface area (Å²) in [5.41, 5.74) is 12.5. The molecule has 0 saturated heterocycles. The molecule has 6 nitrogen and oxygen atoms in total. The summed E-state index contributed by atoms with van der Waals surface area (Å²) < 4.78 is 5.17. The molecule has 7 heteroatoms. The highest BCUT2D eigenvalue weighted by Crippen LogP contribution is 2.37. The number of nitrogen functional groups attached to an aromatic ring is 2. The van der Waals surface area contributed by atoms with E-state index in [1.165, 1.54) is 11.8 Å². The molecule has 0 fully saturated rings. The molecule has 2 aromatic rings. The van der Waals surface area contributed by atoms with Crippen LogP contribution >= 0.6 is 11.8 Å². The Morgan fingerprint density at radius 2 is 1.90 bits per heavy atom. The second-order valence-corrected chi connectivity index (χ2v) is 5.58. The molecule has 2 heterocycles. The van der Waals surface area contributed by atoms with Gasteiger partial charge in [-0.15, -0.1) is 0 Å². The third-order valence-corrected chi connectivity index (χ3v) is 3.83. The molecule has 0 saturated carbocycles. The minimum absolute atomic E-state index is 0.170. The minimum atomic E-state index is 0.170. The van der Waals surface area contributed by atoms with Crippen molar-refractivity contribution in [3.8, 4) is 5.88 Å².